The first-order chi connectivity index (χ1) is 14.3. The van der Waals surface area contributed by atoms with Crippen LogP contribution in [0.2, 0.25) is 5.02 Å². The lowest BCUT2D eigenvalue weighted by molar-refractivity contribution is 0.253. The van der Waals surface area contributed by atoms with Crippen LogP contribution in [0.25, 0.3) is 22.7 Å². The van der Waals surface area contributed by atoms with Gasteiger partial charge in [-0.2, -0.15) is 15.3 Å². The fourth-order valence-electron chi connectivity index (χ4n) is 4.06. The molecule has 0 saturated carbocycles. The first-order valence-corrected chi connectivity index (χ1v) is 9.64. The second-order valence-electron chi connectivity index (χ2n) is 7.84. The molecular formula is C19H18ClN9O. The van der Waals surface area contributed by atoms with Crippen molar-refractivity contribution in [2.24, 2.45) is 5.73 Å². The van der Waals surface area contributed by atoms with E-state index in [4.69, 9.17) is 22.3 Å². The summed E-state index contributed by atoms with van der Waals surface area (Å²) in [5.74, 6) is 0.434. The molecule has 0 saturated heterocycles. The Hall–Kier alpha value is -3.53. The van der Waals surface area contributed by atoms with Gasteiger partial charge in [0, 0.05) is 29.3 Å². The molecule has 0 atom stereocenters. The Morgan fingerprint density at radius 3 is 2.60 bits per heavy atom. The molecule has 1 aliphatic rings. The maximum Gasteiger partial charge on any atom is 0.319 e. The van der Waals surface area contributed by atoms with Gasteiger partial charge in [-0.15, -0.1) is 4.80 Å². The number of aryl methyl sites for hydroxylation is 1. The van der Waals surface area contributed by atoms with Gasteiger partial charge in [0.2, 0.25) is 0 Å². The van der Waals surface area contributed by atoms with Crippen molar-refractivity contribution in [1.29, 1.82) is 0 Å². The highest BCUT2D eigenvalue weighted by atomic mass is 35.5. The van der Waals surface area contributed by atoms with Crippen molar-refractivity contribution in [3.8, 4) is 17.1 Å². The molecule has 10 nitrogen and oxygen atoms in total. The number of aromatic nitrogens is 7. The third-order valence-corrected chi connectivity index (χ3v) is 5.57. The second-order valence-corrected chi connectivity index (χ2v) is 8.25. The summed E-state index contributed by atoms with van der Waals surface area (Å²) in [6.07, 6.45) is 6.46. The predicted molar refractivity (Wildman–Crippen MR) is 111 cm³/mol. The van der Waals surface area contributed by atoms with E-state index < -0.39 is 6.03 Å². The Morgan fingerprint density at radius 2 is 1.93 bits per heavy atom. The minimum absolute atomic E-state index is 0.324. The highest BCUT2D eigenvalue weighted by molar-refractivity contribution is 6.32. The molecule has 0 unspecified atom stereocenters. The van der Waals surface area contributed by atoms with Crippen LogP contribution in [0.15, 0.2) is 30.9 Å². The molecule has 0 spiro atoms. The van der Waals surface area contributed by atoms with Crippen molar-refractivity contribution in [3.63, 3.8) is 0 Å². The van der Waals surface area contributed by atoms with E-state index in [1.54, 1.807) is 35.4 Å². The number of primary amides is 1. The van der Waals surface area contributed by atoms with Crippen LogP contribution in [0, 0.1) is 6.92 Å². The van der Waals surface area contributed by atoms with E-state index in [9.17, 15) is 4.79 Å². The number of hydrogen-bond donors (Lipinski definition) is 1. The zero-order valence-electron chi connectivity index (χ0n) is 16.5. The Labute approximate surface area is 176 Å². The predicted octanol–water partition coefficient (Wildman–Crippen LogP) is 2.51. The van der Waals surface area contributed by atoms with E-state index in [1.165, 1.54) is 9.70 Å². The number of hydrogen-bond acceptors (Lipinski definition) is 6. The Balaban J connectivity index is 1.70. The minimum atomic E-state index is -0.504. The molecular weight excluding hydrogens is 406 g/mol. The zero-order valence-corrected chi connectivity index (χ0v) is 17.3. The molecule has 2 amide bonds. The standard InChI is InChI=1S/C19H18ClN9O/c1-10-15(11-6-12(20)16(22-7-11)29-23-4-5-24-29)28-17(26-10)14-13(8-25-28)27(18(21)30)9-19(14,2)3/h4-8H,9H2,1-3H3,(H2,21,30). The van der Waals surface area contributed by atoms with Crippen LogP contribution in [0.3, 0.4) is 0 Å². The summed E-state index contributed by atoms with van der Waals surface area (Å²) in [6.45, 7) is 6.49. The van der Waals surface area contributed by atoms with Gasteiger partial charge >= 0.3 is 6.03 Å². The molecule has 11 heteroatoms. The molecule has 152 valence electrons. The lowest BCUT2D eigenvalue weighted by Crippen LogP contribution is -2.37. The number of urea groups is 1. The summed E-state index contributed by atoms with van der Waals surface area (Å²) in [5, 5.41) is 13.1. The smallest absolute Gasteiger partial charge is 0.319 e. The molecule has 4 aromatic rings. The lowest BCUT2D eigenvalue weighted by atomic mass is 9.88. The maximum atomic E-state index is 11.9. The third kappa shape index (κ3) is 2.57. The van der Waals surface area contributed by atoms with Crippen LogP contribution >= 0.6 is 11.6 Å². The molecule has 0 bridgehead atoms. The van der Waals surface area contributed by atoms with Crippen LogP contribution in [0.4, 0.5) is 10.5 Å². The maximum absolute atomic E-state index is 11.9. The van der Waals surface area contributed by atoms with Crippen LogP contribution in [0.5, 0.6) is 0 Å². The van der Waals surface area contributed by atoms with Gasteiger partial charge < -0.3 is 5.73 Å². The minimum Gasteiger partial charge on any atom is -0.351 e. The summed E-state index contributed by atoms with van der Waals surface area (Å²) in [7, 11) is 0. The van der Waals surface area contributed by atoms with Crippen molar-refractivity contribution in [2.45, 2.75) is 26.2 Å². The van der Waals surface area contributed by atoms with E-state index in [-0.39, 0.29) is 5.41 Å². The van der Waals surface area contributed by atoms with E-state index >= 15 is 0 Å². The molecule has 5 heterocycles. The van der Waals surface area contributed by atoms with Crippen molar-refractivity contribution >= 4 is 29.0 Å². The molecule has 0 aromatic carbocycles. The molecule has 0 fully saturated rings. The van der Waals surface area contributed by atoms with Crippen molar-refractivity contribution in [3.05, 3.63) is 47.1 Å². The van der Waals surface area contributed by atoms with Gasteiger partial charge in [-0.05, 0) is 13.0 Å². The molecule has 4 aromatic heterocycles. The number of amides is 2. The molecule has 0 aliphatic carbocycles. The Bertz CT molecular complexity index is 1310. The topological polar surface area (TPSA) is 120 Å². The number of carbonyl (C=O) groups is 1. The Kier molecular flexibility index (Phi) is 3.84. The first kappa shape index (κ1) is 18.5. The van der Waals surface area contributed by atoms with Crippen LogP contribution in [-0.4, -0.2) is 47.2 Å². The van der Waals surface area contributed by atoms with Crippen LogP contribution in [-0.2, 0) is 5.41 Å². The zero-order chi connectivity index (χ0) is 21.2. The Morgan fingerprint density at radius 1 is 1.20 bits per heavy atom. The average molecular weight is 424 g/mol. The lowest BCUT2D eigenvalue weighted by Gasteiger charge is -2.18. The molecule has 2 N–H and O–H groups in total. The van der Waals surface area contributed by atoms with Gasteiger partial charge in [0.25, 0.3) is 0 Å². The fraction of sp³-hybridized carbons (Fsp3) is 0.263. The quantitative estimate of drug-likeness (QED) is 0.528. The molecule has 0 radical (unpaired) electrons. The third-order valence-electron chi connectivity index (χ3n) is 5.29. The van der Waals surface area contributed by atoms with E-state index in [0.717, 1.165) is 22.5 Å². The number of imidazole rings is 1. The number of carbonyl (C=O) groups excluding carboxylic acids is 1. The number of pyridine rings is 1. The van der Waals surface area contributed by atoms with Crippen molar-refractivity contribution in [2.75, 3.05) is 11.4 Å². The van der Waals surface area contributed by atoms with Gasteiger partial charge in [-0.25, -0.2) is 19.3 Å². The van der Waals surface area contributed by atoms with Crippen molar-refractivity contribution < 1.29 is 4.79 Å². The van der Waals surface area contributed by atoms with Gasteiger partial charge in [-0.3, -0.25) is 4.90 Å². The largest absolute Gasteiger partial charge is 0.351 e. The van der Waals surface area contributed by atoms with Gasteiger partial charge in [0.15, 0.2) is 11.5 Å². The highest BCUT2D eigenvalue weighted by Crippen LogP contribution is 2.43. The van der Waals surface area contributed by atoms with Crippen molar-refractivity contribution in [1.82, 2.24) is 34.6 Å². The number of halogens is 1. The summed E-state index contributed by atoms with van der Waals surface area (Å²) in [4.78, 5) is 24.0. The number of anilines is 1. The van der Waals surface area contributed by atoms with Crippen LogP contribution in [0.1, 0.15) is 25.1 Å². The van der Waals surface area contributed by atoms with Gasteiger partial charge in [-0.1, -0.05) is 25.4 Å². The van der Waals surface area contributed by atoms with E-state index in [0.29, 0.717) is 28.7 Å². The SMILES string of the molecule is Cc1nc2c3c(cnn2c1-c1cnc(-n2nccn2)c(Cl)c1)N(C(N)=O)CC3(C)C. The van der Waals surface area contributed by atoms with Gasteiger partial charge in [0.05, 0.1) is 40.7 Å². The van der Waals surface area contributed by atoms with Crippen LogP contribution < -0.4 is 10.6 Å². The second kappa shape index (κ2) is 6.23. The van der Waals surface area contributed by atoms with E-state index in [1.807, 2.05) is 6.92 Å². The molecule has 30 heavy (non-hydrogen) atoms. The number of nitrogens with zero attached hydrogens (tertiary/aromatic N) is 8. The number of rotatable bonds is 2. The first-order valence-electron chi connectivity index (χ1n) is 9.26. The number of fused-ring (bicyclic) bond motifs is 3. The summed E-state index contributed by atoms with van der Waals surface area (Å²) in [6, 6.07) is 1.29. The molecule has 1 aliphatic heterocycles. The molecule has 5 rings (SSSR count). The summed E-state index contributed by atoms with van der Waals surface area (Å²) >= 11 is 6.46. The van der Waals surface area contributed by atoms with Gasteiger partial charge in [0.1, 0.15) is 0 Å². The average Bonchev–Trinajstić information content (AvgIpc) is 3.37. The summed E-state index contributed by atoms with van der Waals surface area (Å²) < 4.78 is 1.76. The monoisotopic (exact) mass is 423 g/mol. The normalized spacial score (nSPS) is 15.0. The fourth-order valence-corrected chi connectivity index (χ4v) is 4.30. The highest BCUT2D eigenvalue weighted by Gasteiger charge is 2.40. The summed E-state index contributed by atoms with van der Waals surface area (Å²) in [5.41, 5.74) is 9.85. The number of nitrogens with two attached hydrogens (primary N) is 1. The van der Waals surface area contributed by atoms with E-state index in [2.05, 4.69) is 34.1 Å².